The first-order valence-electron chi connectivity index (χ1n) is 6.31. The second kappa shape index (κ2) is 8.02. The van der Waals surface area contributed by atoms with E-state index in [0.717, 1.165) is 31.7 Å². The molecule has 1 aromatic rings. The number of piperidine rings is 1. The first-order valence-corrected chi connectivity index (χ1v) is 6.31. The van der Waals surface area contributed by atoms with Gasteiger partial charge in [-0.1, -0.05) is 0 Å². The molecule has 1 saturated heterocycles. The summed E-state index contributed by atoms with van der Waals surface area (Å²) in [6.45, 7) is 2.56. The van der Waals surface area contributed by atoms with Crippen molar-refractivity contribution in [3.63, 3.8) is 0 Å². The van der Waals surface area contributed by atoms with Gasteiger partial charge in [0.05, 0.1) is 19.3 Å². The lowest BCUT2D eigenvalue weighted by molar-refractivity contribution is 0.0416. The van der Waals surface area contributed by atoms with Crippen molar-refractivity contribution >= 4 is 18.4 Å². The molecular weight excluding hydrogens is 266 g/mol. The number of nitrogens with one attached hydrogen (secondary N) is 1. The van der Waals surface area contributed by atoms with Crippen molar-refractivity contribution in [3.8, 4) is 5.75 Å². The van der Waals surface area contributed by atoms with Gasteiger partial charge in [-0.2, -0.15) is 0 Å². The van der Waals surface area contributed by atoms with E-state index in [1.807, 2.05) is 0 Å². The highest BCUT2D eigenvalue weighted by molar-refractivity contribution is 5.89. The second-order valence-corrected chi connectivity index (χ2v) is 4.52. The van der Waals surface area contributed by atoms with Gasteiger partial charge in [-0.15, -0.1) is 12.4 Å². The third-order valence-corrected chi connectivity index (χ3v) is 3.23. The Bertz CT molecular complexity index is 388. The van der Waals surface area contributed by atoms with Crippen molar-refractivity contribution in [1.29, 1.82) is 0 Å². The lowest BCUT2D eigenvalue weighted by Gasteiger charge is -2.22. The largest absolute Gasteiger partial charge is 0.497 e. The summed E-state index contributed by atoms with van der Waals surface area (Å²) in [6.07, 6.45) is 2.16. The molecule has 1 aliphatic heterocycles. The minimum Gasteiger partial charge on any atom is -0.497 e. The van der Waals surface area contributed by atoms with Gasteiger partial charge in [-0.25, -0.2) is 4.79 Å². The molecule has 0 radical (unpaired) electrons. The summed E-state index contributed by atoms with van der Waals surface area (Å²) in [6, 6.07) is 6.98. The highest BCUT2D eigenvalue weighted by Gasteiger charge is 2.15. The van der Waals surface area contributed by atoms with E-state index >= 15 is 0 Å². The molecular formula is C14H20ClNO3. The molecule has 1 aromatic carbocycles. The van der Waals surface area contributed by atoms with Crippen LogP contribution in [0, 0.1) is 5.92 Å². The Morgan fingerprint density at radius 3 is 2.47 bits per heavy atom. The van der Waals surface area contributed by atoms with Gasteiger partial charge in [0, 0.05) is 0 Å². The lowest BCUT2D eigenvalue weighted by atomic mass is 9.99. The Hall–Kier alpha value is -1.26. The Kier molecular flexibility index (Phi) is 6.67. The van der Waals surface area contributed by atoms with Crippen LogP contribution in [0.2, 0.25) is 0 Å². The first kappa shape index (κ1) is 15.8. The van der Waals surface area contributed by atoms with E-state index in [-0.39, 0.29) is 18.4 Å². The Balaban J connectivity index is 0.00000180. The van der Waals surface area contributed by atoms with Crippen LogP contribution >= 0.6 is 12.4 Å². The first-order chi connectivity index (χ1) is 8.79. The molecule has 1 heterocycles. The van der Waals surface area contributed by atoms with Crippen LogP contribution < -0.4 is 10.1 Å². The van der Waals surface area contributed by atoms with Crippen LogP contribution in [0.4, 0.5) is 0 Å². The van der Waals surface area contributed by atoms with Crippen LogP contribution in [0.25, 0.3) is 0 Å². The summed E-state index contributed by atoms with van der Waals surface area (Å²) >= 11 is 0. The molecule has 0 amide bonds. The van der Waals surface area contributed by atoms with Crippen molar-refractivity contribution in [2.75, 3.05) is 26.8 Å². The van der Waals surface area contributed by atoms with Gasteiger partial charge >= 0.3 is 5.97 Å². The molecule has 106 valence electrons. The van der Waals surface area contributed by atoms with E-state index < -0.39 is 0 Å². The summed E-state index contributed by atoms with van der Waals surface area (Å²) in [7, 11) is 1.60. The van der Waals surface area contributed by atoms with Gasteiger partial charge in [-0.3, -0.25) is 0 Å². The maximum Gasteiger partial charge on any atom is 0.338 e. The van der Waals surface area contributed by atoms with Crippen molar-refractivity contribution < 1.29 is 14.3 Å². The standard InChI is InChI=1S/C14H19NO3.ClH/c1-17-13-4-2-12(3-5-13)14(16)18-10-11-6-8-15-9-7-11;/h2-5,11,15H,6-10H2,1H3;1H. The fraction of sp³-hybridized carbons (Fsp3) is 0.500. The molecule has 2 rings (SSSR count). The third kappa shape index (κ3) is 4.73. The second-order valence-electron chi connectivity index (χ2n) is 4.52. The minimum atomic E-state index is -0.254. The van der Waals surface area contributed by atoms with Crippen LogP contribution in [0.5, 0.6) is 5.75 Å². The average Bonchev–Trinajstić information content (AvgIpc) is 2.46. The summed E-state index contributed by atoms with van der Waals surface area (Å²) in [5.41, 5.74) is 0.574. The van der Waals surface area contributed by atoms with Crippen LogP contribution in [-0.2, 0) is 4.74 Å². The number of hydrogen-bond acceptors (Lipinski definition) is 4. The third-order valence-electron chi connectivity index (χ3n) is 3.23. The predicted octanol–water partition coefficient (Wildman–Crippen LogP) is 2.27. The maximum absolute atomic E-state index is 11.8. The molecule has 0 aromatic heterocycles. The van der Waals surface area contributed by atoms with E-state index in [0.29, 0.717) is 18.1 Å². The number of hydrogen-bond donors (Lipinski definition) is 1. The quantitative estimate of drug-likeness (QED) is 0.862. The topological polar surface area (TPSA) is 47.6 Å². The Morgan fingerprint density at radius 2 is 1.89 bits per heavy atom. The van der Waals surface area contributed by atoms with Gasteiger partial charge in [0.1, 0.15) is 5.75 Å². The molecule has 0 unspecified atom stereocenters. The summed E-state index contributed by atoms with van der Waals surface area (Å²) in [5.74, 6) is 0.981. The summed E-state index contributed by atoms with van der Waals surface area (Å²) in [5, 5.41) is 3.29. The molecule has 1 N–H and O–H groups in total. The van der Waals surface area contributed by atoms with Crippen LogP contribution in [-0.4, -0.2) is 32.8 Å². The Labute approximate surface area is 119 Å². The van der Waals surface area contributed by atoms with Gasteiger partial charge in [0.2, 0.25) is 0 Å². The number of rotatable bonds is 4. The highest BCUT2D eigenvalue weighted by Crippen LogP contribution is 2.15. The summed E-state index contributed by atoms with van der Waals surface area (Å²) in [4.78, 5) is 11.8. The van der Waals surface area contributed by atoms with E-state index in [2.05, 4.69) is 5.32 Å². The van der Waals surface area contributed by atoms with E-state index in [1.165, 1.54) is 0 Å². The zero-order valence-electron chi connectivity index (χ0n) is 11.1. The van der Waals surface area contributed by atoms with Crippen molar-refractivity contribution in [3.05, 3.63) is 29.8 Å². The van der Waals surface area contributed by atoms with E-state index in [1.54, 1.807) is 31.4 Å². The number of esters is 1. The van der Waals surface area contributed by atoms with Crippen molar-refractivity contribution in [2.24, 2.45) is 5.92 Å². The molecule has 0 aliphatic carbocycles. The molecule has 0 spiro atoms. The van der Waals surface area contributed by atoms with Crippen molar-refractivity contribution in [2.45, 2.75) is 12.8 Å². The predicted molar refractivity (Wildman–Crippen MR) is 76.1 cm³/mol. The SMILES string of the molecule is COc1ccc(C(=O)OCC2CCNCC2)cc1.Cl. The number of benzene rings is 1. The van der Waals surface area contributed by atoms with Crippen LogP contribution in [0.1, 0.15) is 23.2 Å². The number of methoxy groups -OCH3 is 1. The van der Waals surface area contributed by atoms with Gasteiger partial charge in [0.25, 0.3) is 0 Å². The van der Waals surface area contributed by atoms with Gasteiger partial charge in [0.15, 0.2) is 0 Å². The number of halogens is 1. The fourth-order valence-corrected chi connectivity index (χ4v) is 2.05. The van der Waals surface area contributed by atoms with Crippen LogP contribution in [0.15, 0.2) is 24.3 Å². The van der Waals surface area contributed by atoms with Gasteiger partial charge < -0.3 is 14.8 Å². The molecule has 0 saturated carbocycles. The number of ether oxygens (including phenoxy) is 2. The zero-order chi connectivity index (χ0) is 12.8. The molecule has 19 heavy (non-hydrogen) atoms. The molecule has 1 fully saturated rings. The molecule has 0 bridgehead atoms. The van der Waals surface area contributed by atoms with Crippen molar-refractivity contribution in [1.82, 2.24) is 5.32 Å². The molecule has 5 heteroatoms. The maximum atomic E-state index is 11.8. The van der Waals surface area contributed by atoms with E-state index in [4.69, 9.17) is 9.47 Å². The number of carbonyl (C=O) groups is 1. The molecule has 1 aliphatic rings. The Morgan fingerprint density at radius 1 is 1.26 bits per heavy atom. The van der Waals surface area contributed by atoms with E-state index in [9.17, 15) is 4.79 Å². The van der Waals surface area contributed by atoms with Gasteiger partial charge in [-0.05, 0) is 56.1 Å². The monoisotopic (exact) mass is 285 g/mol. The molecule has 0 atom stereocenters. The molecule has 4 nitrogen and oxygen atoms in total. The summed E-state index contributed by atoms with van der Waals surface area (Å²) < 4.78 is 10.4. The lowest BCUT2D eigenvalue weighted by Crippen LogP contribution is -2.30. The number of carbonyl (C=O) groups excluding carboxylic acids is 1. The minimum absolute atomic E-state index is 0. The smallest absolute Gasteiger partial charge is 0.338 e. The average molecular weight is 286 g/mol. The van der Waals surface area contributed by atoms with Crippen LogP contribution in [0.3, 0.4) is 0 Å². The normalized spacial score (nSPS) is 15.4. The fourth-order valence-electron chi connectivity index (χ4n) is 2.05. The highest BCUT2D eigenvalue weighted by atomic mass is 35.5. The zero-order valence-corrected chi connectivity index (χ0v) is 11.9.